The molecule has 1 amide bonds. The van der Waals surface area contributed by atoms with Gasteiger partial charge in [-0.15, -0.1) is 0 Å². The number of anilines is 1. The molecule has 1 aliphatic heterocycles. The van der Waals surface area contributed by atoms with Crippen molar-refractivity contribution in [1.82, 2.24) is 5.32 Å². The monoisotopic (exact) mass is 564 g/mol. The minimum absolute atomic E-state index is 0.0702. The molecule has 1 heterocycles. The third-order valence-electron chi connectivity index (χ3n) is 8.07. The second-order valence-electron chi connectivity index (χ2n) is 11.3. The Labute approximate surface area is 237 Å². The summed E-state index contributed by atoms with van der Waals surface area (Å²) in [6.07, 6.45) is -3.76. The highest BCUT2D eigenvalue weighted by Crippen LogP contribution is 2.44. The molecule has 214 valence electrons. The first-order valence-corrected chi connectivity index (χ1v) is 13.4. The van der Waals surface area contributed by atoms with Gasteiger partial charge in [0.15, 0.2) is 0 Å². The summed E-state index contributed by atoms with van der Waals surface area (Å²) in [5, 5.41) is 2.73. The van der Waals surface area contributed by atoms with E-state index in [0.717, 1.165) is 28.3 Å². The zero-order valence-corrected chi connectivity index (χ0v) is 23.3. The third kappa shape index (κ3) is 5.71. The molecule has 0 saturated carbocycles. The van der Waals surface area contributed by atoms with Crippen LogP contribution in [0.4, 0.5) is 23.7 Å². The largest absolute Gasteiger partial charge is 0.492 e. The molecule has 0 aromatic heterocycles. The zero-order chi connectivity index (χ0) is 29.6. The van der Waals surface area contributed by atoms with E-state index in [1.54, 1.807) is 0 Å². The minimum atomic E-state index is -4.61. The number of nitrogen functional groups attached to an aromatic ring is 1. The predicted octanol–water partition coefficient (Wildman–Crippen LogP) is 6.84. The summed E-state index contributed by atoms with van der Waals surface area (Å²) in [5.41, 5.74) is 7.95. The summed E-state index contributed by atoms with van der Waals surface area (Å²) < 4.78 is 58.4. The average Bonchev–Trinajstić information content (AvgIpc) is 3.34. The summed E-state index contributed by atoms with van der Waals surface area (Å²) in [5.74, 6) is -0.109. The number of amides is 1. The standard InChI is InChI=1S/C31H32BF3N2O4/c1-29(2)30(3,4)41-32(40-29)20(15-19-13-14-27(36)26(16-19)31(33,34)35)17-37-28(38)39-18-25-23-11-7-5-9-21(23)22-10-6-8-12-24(22)25/h5-16,25H,17-18,36H2,1-4H3,(H,37,38). The maximum atomic E-state index is 13.5. The van der Waals surface area contributed by atoms with Gasteiger partial charge in [0, 0.05) is 18.2 Å². The normalized spacial score (nSPS) is 17.7. The van der Waals surface area contributed by atoms with Gasteiger partial charge in [0.05, 0.1) is 16.8 Å². The average molecular weight is 564 g/mol. The Hall–Kier alpha value is -3.76. The molecular formula is C31H32BF3N2O4. The van der Waals surface area contributed by atoms with Crippen molar-refractivity contribution in [3.8, 4) is 11.1 Å². The van der Waals surface area contributed by atoms with Gasteiger partial charge in [-0.1, -0.05) is 60.7 Å². The molecule has 6 nitrogen and oxygen atoms in total. The summed E-state index contributed by atoms with van der Waals surface area (Å²) in [6, 6.07) is 19.7. The van der Waals surface area contributed by atoms with Crippen LogP contribution in [0.15, 0.2) is 72.2 Å². The highest BCUT2D eigenvalue weighted by Gasteiger charge is 2.52. The Morgan fingerprint density at radius 1 is 0.976 bits per heavy atom. The second-order valence-corrected chi connectivity index (χ2v) is 11.3. The van der Waals surface area contributed by atoms with Crippen molar-refractivity contribution in [3.63, 3.8) is 0 Å². The van der Waals surface area contributed by atoms with Gasteiger partial charge in [0.1, 0.15) is 6.61 Å². The van der Waals surface area contributed by atoms with Crippen molar-refractivity contribution in [1.29, 1.82) is 0 Å². The van der Waals surface area contributed by atoms with Crippen molar-refractivity contribution in [2.75, 3.05) is 18.9 Å². The Morgan fingerprint density at radius 3 is 2.10 bits per heavy atom. The van der Waals surface area contributed by atoms with E-state index in [1.807, 2.05) is 64.1 Å². The number of rotatable bonds is 6. The van der Waals surface area contributed by atoms with Gasteiger partial charge in [0.2, 0.25) is 0 Å². The Bertz CT molecular complexity index is 1440. The predicted molar refractivity (Wildman–Crippen MR) is 153 cm³/mol. The first kappa shape index (κ1) is 28.8. The van der Waals surface area contributed by atoms with E-state index >= 15 is 0 Å². The summed E-state index contributed by atoms with van der Waals surface area (Å²) in [7, 11) is -0.902. The van der Waals surface area contributed by atoms with Crippen LogP contribution in [0.3, 0.4) is 0 Å². The molecule has 1 aliphatic carbocycles. The van der Waals surface area contributed by atoms with Crippen molar-refractivity contribution >= 4 is 25.0 Å². The number of hydrogen-bond acceptors (Lipinski definition) is 5. The molecule has 41 heavy (non-hydrogen) atoms. The summed E-state index contributed by atoms with van der Waals surface area (Å²) in [4.78, 5) is 12.9. The summed E-state index contributed by atoms with van der Waals surface area (Å²) >= 11 is 0. The molecule has 3 N–H and O–H groups in total. The maximum Gasteiger partial charge on any atom is 0.492 e. The minimum Gasteiger partial charge on any atom is -0.449 e. The molecule has 0 bridgehead atoms. The first-order chi connectivity index (χ1) is 19.3. The van der Waals surface area contributed by atoms with E-state index in [2.05, 4.69) is 17.4 Å². The lowest BCUT2D eigenvalue weighted by atomic mass is 9.77. The van der Waals surface area contributed by atoms with Crippen molar-refractivity contribution in [2.45, 2.75) is 51.0 Å². The van der Waals surface area contributed by atoms with Gasteiger partial charge in [-0.05, 0) is 73.1 Å². The topological polar surface area (TPSA) is 82.8 Å². The van der Waals surface area contributed by atoms with Crippen LogP contribution in [-0.4, -0.2) is 37.6 Å². The van der Waals surface area contributed by atoms with E-state index in [1.165, 1.54) is 18.2 Å². The number of nitrogens with two attached hydrogens (primary N) is 1. The lowest BCUT2D eigenvalue weighted by Gasteiger charge is -2.32. The Kier molecular flexibility index (Phi) is 7.42. The van der Waals surface area contributed by atoms with Crippen LogP contribution in [0.25, 0.3) is 17.2 Å². The van der Waals surface area contributed by atoms with Gasteiger partial charge in [-0.2, -0.15) is 13.2 Å². The van der Waals surface area contributed by atoms with E-state index in [-0.39, 0.29) is 30.3 Å². The number of hydrogen-bond donors (Lipinski definition) is 2. The number of fused-ring (bicyclic) bond motifs is 3. The van der Waals surface area contributed by atoms with Crippen LogP contribution in [-0.2, 0) is 20.2 Å². The molecule has 1 saturated heterocycles. The second kappa shape index (κ2) is 10.6. The zero-order valence-electron chi connectivity index (χ0n) is 23.3. The van der Waals surface area contributed by atoms with Gasteiger partial charge in [-0.3, -0.25) is 0 Å². The highest BCUT2D eigenvalue weighted by atomic mass is 19.4. The van der Waals surface area contributed by atoms with Crippen molar-refractivity contribution in [3.05, 3.63) is 94.5 Å². The van der Waals surface area contributed by atoms with E-state index < -0.39 is 36.2 Å². The Balaban J connectivity index is 1.34. The number of alkyl halides is 3. The SMILES string of the molecule is CC1(C)OB(C(=Cc2ccc(N)c(C(F)(F)F)c2)CNC(=O)OCC2c3ccccc3-c3ccccc32)OC1(C)C. The van der Waals surface area contributed by atoms with Crippen LogP contribution in [0, 0.1) is 0 Å². The fourth-order valence-corrected chi connectivity index (χ4v) is 5.14. The third-order valence-corrected chi connectivity index (χ3v) is 8.07. The van der Waals surface area contributed by atoms with E-state index in [4.69, 9.17) is 19.8 Å². The number of benzene rings is 3. The molecule has 0 spiro atoms. The van der Waals surface area contributed by atoms with Crippen LogP contribution in [0.5, 0.6) is 0 Å². The fraction of sp³-hybridized carbons (Fsp3) is 0.323. The van der Waals surface area contributed by atoms with Crippen LogP contribution < -0.4 is 11.1 Å². The molecular weight excluding hydrogens is 532 g/mol. The molecule has 10 heteroatoms. The van der Waals surface area contributed by atoms with Crippen molar-refractivity contribution < 1.29 is 32.0 Å². The number of carbonyl (C=O) groups is 1. The van der Waals surface area contributed by atoms with Gasteiger partial charge in [0.25, 0.3) is 0 Å². The molecule has 2 aliphatic rings. The molecule has 3 aromatic carbocycles. The first-order valence-electron chi connectivity index (χ1n) is 13.4. The molecule has 5 rings (SSSR count). The van der Waals surface area contributed by atoms with Crippen LogP contribution >= 0.6 is 0 Å². The van der Waals surface area contributed by atoms with E-state index in [9.17, 15) is 18.0 Å². The molecule has 0 unspecified atom stereocenters. The van der Waals surface area contributed by atoms with Crippen molar-refractivity contribution in [2.24, 2.45) is 0 Å². The quantitative estimate of drug-likeness (QED) is 0.253. The smallest absolute Gasteiger partial charge is 0.449 e. The molecule has 3 aromatic rings. The summed E-state index contributed by atoms with van der Waals surface area (Å²) in [6.45, 7) is 7.54. The molecule has 0 radical (unpaired) electrons. The van der Waals surface area contributed by atoms with Gasteiger partial charge < -0.3 is 25.1 Å². The number of halogens is 3. The highest BCUT2D eigenvalue weighted by molar-refractivity contribution is 6.56. The lowest BCUT2D eigenvalue weighted by molar-refractivity contribution is -0.136. The maximum absolute atomic E-state index is 13.5. The lowest BCUT2D eigenvalue weighted by Crippen LogP contribution is -2.41. The number of alkyl carbamates (subject to hydrolysis) is 1. The van der Waals surface area contributed by atoms with Crippen LogP contribution in [0.2, 0.25) is 0 Å². The number of nitrogens with one attached hydrogen (secondary N) is 1. The Morgan fingerprint density at radius 2 is 1.54 bits per heavy atom. The molecule has 1 fully saturated rings. The van der Waals surface area contributed by atoms with Crippen LogP contribution in [0.1, 0.15) is 55.9 Å². The number of ether oxygens (including phenoxy) is 1. The van der Waals surface area contributed by atoms with E-state index in [0.29, 0.717) is 5.47 Å². The fourth-order valence-electron chi connectivity index (χ4n) is 5.14. The molecule has 0 atom stereocenters. The van der Waals surface area contributed by atoms with Gasteiger partial charge >= 0.3 is 19.4 Å². The number of carbonyl (C=O) groups excluding carboxylic acids is 1. The van der Waals surface area contributed by atoms with Gasteiger partial charge in [-0.25, -0.2) is 4.79 Å².